The number of nitrogens with zero attached hydrogens (tertiary/aromatic N) is 3. The maximum absolute atomic E-state index is 12.9. The van der Waals surface area contributed by atoms with E-state index in [0.29, 0.717) is 17.2 Å². The highest BCUT2D eigenvalue weighted by Gasteiger charge is 2.20. The van der Waals surface area contributed by atoms with E-state index in [0.717, 1.165) is 11.3 Å². The monoisotopic (exact) mass is 386 g/mol. The number of aromatic nitrogens is 4. The predicted molar refractivity (Wildman–Crippen MR) is 109 cm³/mol. The summed E-state index contributed by atoms with van der Waals surface area (Å²) in [6.07, 6.45) is 1.72. The second-order valence-electron chi connectivity index (χ2n) is 6.44. The molecule has 0 aliphatic heterocycles. The lowest BCUT2D eigenvalue weighted by Gasteiger charge is -2.08. The van der Waals surface area contributed by atoms with E-state index in [1.54, 1.807) is 24.4 Å². The largest absolute Gasteiger partial charge is 0.364 e. The highest BCUT2D eigenvalue weighted by molar-refractivity contribution is 6.06. The Labute approximate surface area is 166 Å². The molecule has 0 aliphatic rings. The summed E-state index contributed by atoms with van der Waals surface area (Å²) in [5.74, 6) is -0.490. The first-order valence-electron chi connectivity index (χ1n) is 8.90. The minimum Gasteiger partial charge on any atom is -0.364 e. The third-order valence-corrected chi connectivity index (χ3v) is 4.33. The van der Waals surface area contributed by atoms with Crippen molar-refractivity contribution in [1.29, 1.82) is 0 Å². The zero-order valence-corrected chi connectivity index (χ0v) is 15.6. The normalized spacial score (nSPS) is 10.7. The van der Waals surface area contributed by atoms with E-state index in [4.69, 9.17) is 5.73 Å². The molecule has 29 heavy (non-hydrogen) atoms. The number of amides is 2. The average molecular weight is 386 g/mol. The predicted octanol–water partition coefficient (Wildman–Crippen LogP) is 2.92. The molecule has 0 unspecified atom stereocenters. The van der Waals surface area contributed by atoms with E-state index < -0.39 is 11.8 Å². The van der Waals surface area contributed by atoms with Crippen LogP contribution in [-0.4, -0.2) is 31.6 Å². The Morgan fingerprint density at radius 2 is 1.79 bits per heavy atom. The van der Waals surface area contributed by atoms with Gasteiger partial charge in [0.15, 0.2) is 5.69 Å². The van der Waals surface area contributed by atoms with Crippen molar-refractivity contribution in [2.24, 2.45) is 5.73 Å². The van der Waals surface area contributed by atoms with Gasteiger partial charge in [-0.05, 0) is 31.2 Å². The molecule has 0 aliphatic carbocycles. The van der Waals surface area contributed by atoms with E-state index >= 15 is 0 Å². The van der Waals surface area contributed by atoms with Gasteiger partial charge in [-0.2, -0.15) is 5.10 Å². The van der Waals surface area contributed by atoms with E-state index in [1.807, 2.05) is 43.3 Å². The van der Waals surface area contributed by atoms with Gasteiger partial charge in [0, 0.05) is 23.5 Å². The van der Waals surface area contributed by atoms with Crippen LogP contribution in [0.15, 0.2) is 66.9 Å². The van der Waals surface area contributed by atoms with Crippen LogP contribution in [0, 0.1) is 6.92 Å². The van der Waals surface area contributed by atoms with Crippen molar-refractivity contribution < 1.29 is 9.59 Å². The van der Waals surface area contributed by atoms with Crippen molar-refractivity contribution in [3.05, 3.63) is 83.9 Å². The Kier molecular flexibility index (Phi) is 4.66. The number of rotatable bonds is 5. The third kappa shape index (κ3) is 3.63. The molecule has 4 rings (SSSR count). The van der Waals surface area contributed by atoms with Gasteiger partial charge in [0.2, 0.25) is 0 Å². The first kappa shape index (κ1) is 18.2. The number of hydrogen-bond acceptors (Lipinski definition) is 4. The molecule has 0 saturated carbocycles. The van der Waals surface area contributed by atoms with Crippen molar-refractivity contribution in [2.75, 3.05) is 5.32 Å². The summed E-state index contributed by atoms with van der Waals surface area (Å²) >= 11 is 0. The number of carbonyl (C=O) groups is 2. The summed E-state index contributed by atoms with van der Waals surface area (Å²) in [7, 11) is 0. The zero-order chi connectivity index (χ0) is 20.4. The number of aromatic amines is 1. The summed E-state index contributed by atoms with van der Waals surface area (Å²) in [6, 6.07) is 17.7. The fraction of sp³-hybridized carbons (Fsp3) is 0.0476. The van der Waals surface area contributed by atoms with Gasteiger partial charge in [-0.15, -0.1) is 0 Å². The smallest absolute Gasteiger partial charge is 0.276 e. The molecule has 0 radical (unpaired) electrons. The van der Waals surface area contributed by atoms with Crippen molar-refractivity contribution in [3.8, 4) is 17.1 Å². The van der Waals surface area contributed by atoms with Gasteiger partial charge in [0.05, 0.1) is 11.4 Å². The van der Waals surface area contributed by atoms with Gasteiger partial charge in [-0.25, -0.2) is 9.67 Å². The summed E-state index contributed by atoms with van der Waals surface area (Å²) in [4.78, 5) is 32.2. The summed E-state index contributed by atoms with van der Waals surface area (Å²) in [6.45, 7) is 1.90. The molecule has 144 valence electrons. The SMILES string of the molecule is Cc1cnc(-c2ccccc2NC(=O)c2cc(C(N)=O)n(-c3ccccc3)n2)[nH]1. The van der Waals surface area contributed by atoms with Crippen LogP contribution in [0.1, 0.15) is 26.7 Å². The first-order valence-corrected chi connectivity index (χ1v) is 8.90. The van der Waals surface area contributed by atoms with Crippen molar-refractivity contribution in [1.82, 2.24) is 19.7 Å². The van der Waals surface area contributed by atoms with Crippen LogP contribution in [-0.2, 0) is 0 Å². The molecule has 4 aromatic rings. The van der Waals surface area contributed by atoms with E-state index in [2.05, 4.69) is 20.4 Å². The molecular weight excluding hydrogens is 368 g/mol. The highest BCUT2D eigenvalue weighted by Crippen LogP contribution is 2.26. The van der Waals surface area contributed by atoms with E-state index in [1.165, 1.54) is 10.7 Å². The third-order valence-electron chi connectivity index (χ3n) is 4.33. The quantitative estimate of drug-likeness (QED) is 0.488. The van der Waals surface area contributed by atoms with Crippen LogP contribution >= 0.6 is 0 Å². The van der Waals surface area contributed by atoms with E-state index in [-0.39, 0.29) is 11.4 Å². The fourth-order valence-electron chi connectivity index (χ4n) is 2.97. The first-order chi connectivity index (χ1) is 14.0. The highest BCUT2D eigenvalue weighted by atomic mass is 16.2. The Bertz CT molecular complexity index is 1190. The number of nitrogens with two attached hydrogens (primary N) is 1. The summed E-state index contributed by atoms with van der Waals surface area (Å²) in [5, 5.41) is 7.12. The van der Waals surface area contributed by atoms with Crippen LogP contribution in [0.4, 0.5) is 5.69 Å². The molecule has 0 bridgehead atoms. The lowest BCUT2D eigenvalue weighted by Crippen LogP contribution is -2.16. The van der Waals surface area contributed by atoms with Crippen molar-refractivity contribution >= 4 is 17.5 Å². The number of H-pyrrole nitrogens is 1. The fourth-order valence-corrected chi connectivity index (χ4v) is 2.97. The number of nitrogens with one attached hydrogen (secondary N) is 2. The molecule has 0 atom stereocenters. The number of carbonyl (C=O) groups excluding carboxylic acids is 2. The maximum Gasteiger partial charge on any atom is 0.276 e. The number of primary amides is 1. The number of imidazole rings is 1. The number of benzene rings is 2. The number of para-hydroxylation sites is 2. The minimum absolute atomic E-state index is 0.0769. The van der Waals surface area contributed by atoms with Gasteiger partial charge in [-0.1, -0.05) is 30.3 Å². The Morgan fingerprint density at radius 3 is 2.48 bits per heavy atom. The van der Waals surface area contributed by atoms with Crippen molar-refractivity contribution in [3.63, 3.8) is 0 Å². The van der Waals surface area contributed by atoms with E-state index in [9.17, 15) is 9.59 Å². The zero-order valence-electron chi connectivity index (χ0n) is 15.6. The van der Waals surface area contributed by atoms with Crippen LogP contribution in [0.5, 0.6) is 0 Å². The Balaban J connectivity index is 1.68. The second kappa shape index (κ2) is 7.43. The molecule has 4 N–H and O–H groups in total. The molecule has 2 heterocycles. The standard InChI is InChI=1S/C21H18N6O2/c1-13-12-23-20(24-13)15-9-5-6-10-16(15)25-21(29)17-11-18(19(22)28)27(26-17)14-7-3-2-4-8-14/h2-12H,1H3,(H2,22,28)(H,23,24)(H,25,29). The molecule has 8 nitrogen and oxygen atoms in total. The van der Waals surface area contributed by atoms with Gasteiger partial charge >= 0.3 is 0 Å². The molecule has 0 spiro atoms. The van der Waals surface area contributed by atoms with Gasteiger partial charge in [-0.3, -0.25) is 9.59 Å². The number of aryl methyl sites for hydroxylation is 1. The average Bonchev–Trinajstić information content (AvgIpc) is 3.36. The van der Waals surface area contributed by atoms with Crippen LogP contribution < -0.4 is 11.1 Å². The van der Waals surface area contributed by atoms with Crippen LogP contribution in [0.3, 0.4) is 0 Å². The lowest BCUT2D eigenvalue weighted by molar-refractivity contribution is 0.0991. The lowest BCUT2D eigenvalue weighted by atomic mass is 10.1. The molecule has 0 fully saturated rings. The summed E-state index contributed by atoms with van der Waals surface area (Å²) < 4.78 is 1.36. The summed E-state index contributed by atoms with van der Waals surface area (Å²) in [5.41, 5.74) is 8.53. The molecule has 0 saturated heterocycles. The van der Waals surface area contributed by atoms with Crippen LogP contribution in [0.2, 0.25) is 0 Å². The van der Waals surface area contributed by atoms with Gasteiger partial charge in [0.1, 0.15) is 11.5 Å². The van der Waals surface area contributed by atoms with Gasteiger partial charge in [0.25, 0.3) is 11.8 Å². The molecular formula is C21H18N6O2. The topological polar surface area (TPSA) is 119 Å². The second-order valence-corrected chi connectivity index (χ2v) is 6.44. The Hall–Kier alpha value is -4.20. The maximum atomic E-state index is 12.9. The van der Waals surface area contributed by atoms with Crippen molar-refractivity contribution in [2.45, 2.75) is 6.92 Å². The van der Waals surface area contributed by atoms with Crippen LogP contribution in [0.25, 0.3) is 17.1 Å². The molecule has 2 aromatic carbocycles. The number of hydrogen-bond donors (Lipinski definition) is 3. The molecule has 2 aromatic heterocycles. The van der Waals surface area contributed by atoms with Gasteiger partial charge < -0.3 is 16.0 Å². The molecule has 8 heteroatoms. The Morgan fingerprint density at radius 1 is 1.07 bits per heavy atom. The minimum atomic E-state index is -0.674. The number of anilines is 1. The molecule has 2 amide bonds.